The fraction of sp³-hybridized carbons (Fsp3) is 0.667. The molecule has 1 aromatic heterocycles. The van der Waals surface area contributed by atoms with E-state index in [0.29, 0.717) is 5.92 Å². The van der Waals surface area contributed by atoms with Gasteiger partial charge in [-0.1, -0.05) is 13.8 Å². The maximum absolute atomic E-state index is 11.5. The van der Waals surface area contributed by atoms with E-state index in [4.69, 9.17) is 0 Å². The second-order valence-electron chi connectivity index (χ2n) is 4.38. The molecule has 1 aromatic rings. The predicted octanol–water partition coefficient (Wildman–Crippen LogP) is 1.19. The van der Waals surface area contributed by atoms with Gasteiger partial charge >= 0.3 is 5.69 Å². The van der Waals surface area contributed by atoms with E-state index >= 15 is 0 Å². The molecule has 1 heterocycles. The molecule has 0 aliphatic rings. The highest BCUT2D eigenvalue weighted by Gasteiger charge is 2.04. The SMILES string of the molecule is CCCNCC(C)Cn1cc(C)cnc1=O. The average Bonchev–Trinajstić information content (AvgIpc) is 2.24. The third-order valence-electron chi connectivity index (χ3n) is 2.41. The molecular formula is C12H21N3O. The summed E-state index contributed by atoms with van der Waals surface area (Å²) >= 11 is 0. The zero-order valence-corrected chi connectivity index (χ0v) is 10.4. The summed E-state index contributed by atoms with van der Waals surface area (Å²) in [5.74, 6) is 0.438. The van der Waals surface area contributed by atoms with Crippen molar-refractivity contribution in [2.45, 2.75) is 33.7 Å². The standard InChI is InChI=1S/C12H21N3O/c1-4-5-13-6-10(2)8-15-9-11(3)7-14-12(15)16/h7,9-10,13H,4-6,8H2,1-3H3. The van der Waals surface area contributed by atoms with Crippen LogP contribution in [0.3, 0.4) is 0 Å². The Labute approximate surface area is 96.7 Å². The van der Waals surface area contributed by atoms with Gasteiger partial charge in [0.1, 0.15) is 0 Å². The number of aryl methyl sites for hydroxylation is 1. The van der Waals surface area contributed by atoms with Crippen molar-refractivity contribution >= 4 is 0 Å². The van der Waals surface area contributed by atoms with Gasteiger partial charge in [0.25, 0.3) is 0 Å². The van der Waals surface area contributed by atoms with Gasteiger partial charge in [-0.25, -0.2) is 9.78 Å². The minimum Gasteiger partial charge on any atom is -0.316 e. The lowest BCUT2D eigenvalue weighted by Gasteiger charge is -2.13. The maximum Gasteiger partial charge on any atom is 0.347 e. The first-order valence-electron chi connectivity index (χ1n) is 5.87. The first-order valence-corrected chi connectivity index (χ1v) is 5.87. The molecule has 0 bridgehead atoms. The van der Waals surface area contributed by atoms with Crippen LogP contribution in [0, 0.1) is 12.8 Å². The van der Waals surface area contributed by atoms with Crippen molar-refractivity contribution < 1.29 is 0 Å². The van der Waals surface area contributed by atoms with Gasteiger partial charge in [0, 0.05) is 18.9 Å². The molecule has 0 saturated carbocycles. The molecule has 1 atom stereocenters. The third-order valence-corrected chi connectivity index (χ3v) is 2.41. The second kappa shape index (κ2) is 6.43. The molecule has 1 rings (SSSR count). The van der Waals surface area contributed by atoms with E-state index in [-0.39, 0.29) is 5.69 Å². The van der Waals surface area contributed by atoms with E-state index in [2.05, 4.69) is 24.1 Å². The highest BCUT2D eigenvalue weighted by molar-refractivity contribution is 4.99. The summed E-state index contributed by atoms with van der Waals surface area (Å²) in [6, 6.07) is 0. The van der Waals surface area contributed by atoms with Crippen molar-refractivity contribution in [3.05, 3.63) is 28.4 Å². The maximum atomic E-state index is 11.5. The van der Waals surface area contributed by atoms with Gasteiger partial charge in [-0.3, -0.25) is 4.57 Å². The van der Waals surface area contributed by atoms with E-state index in [9.17, 15) is 4.79 Å². The third kappa shape index (κ3) is 4.14. The van der Waals surface area contributed by atoms with Gasteiger partial charge in [-0.2, -0.15) is 0 Å². The van der Waals surface area contributed by atoms with Crippen molar-refractivity contribution in [1.29, 1.82) is 0 Å². The van der Waals surface area contributed by atoms with E-state index in [1.54, 1.807) is 10.8 Å². The zero-order valence-electron chi connectivity index (χ0n) is 10.4. The Kier molecular flexibility index (Phi) is 5.19. The van der Waals surface area contributed by atoms with E-state index in [0.717, 1.165) is 31.6 Å². The molecule has 1 N–H and O–H groups in total. The lowest BCUT2D eigenvalue weighted by Crippen LogP contribution is -2.30. The number of nitrogens with one attached hydrogen (secondary N) is 1. The normalized spacial score (nSPS) is 12.7. The fourth-order valence-electron chi connectivity index (χ4n) is 1.62. The molecule has 0 spiro atoms. The molecule has 0 radical (unpaired) electrons. The summed E-state index contributed by atoms with van der Waals surface area (Å²) in [4.78, 5) is 15.3. The molecule has 0 aromatic carbocycles. The van der Waals surface area contributed by atoms with Gasteiger partial charge < -0.3 is 5.32 Å². The molecule has 4 nitrogen and oxygen atoms in total. The molecule has 0 aliphatic heterocycles. The Hall–Kier alpha value is -1.16. The van der Waals surface area contributed by atoms with Crippen LogP contribution in [-0.4, -0.2) is 22.6 Å². The monoisotopic (exact) mass is 223 g/mol. The van der Waals surface area contributed by atoms with Crippen LogP contribution >= 0.6 is 0 Å². The molecule has 4 heteroatoms. The lowest BCUT2D eigenvalue weighted by molar-refractivity contribution is 0.434. The van der Waals surface area contributed by atoms with Crippen molar-refractivity contribution in [1.82, 2.24) is 14.9 Å². The van der Waals surface area contributed by atoms with Crippen LogP contribution in [-0.2, 0) is 6.54 Å². The Balaban J connectivity index is 2.52. The highest BCUT2D eigenvalue weighted by Crippen LogP contribution is 1.98. The topological polar surface area (TPSA) is 46.9 Å². The smallest absolute Gasteiger partial charge is 0.316 e. The lowest BCUT2D eigenvalue weighted by atomic mass is 10.2. The van der Waals surface area contributed by atoms with Crippen LogP contribution in [0.1, 0.15) is 25.8 Å². The van der Waals surface area contributed by atoms with Gasteiger partial charge in [-0.15, -0.1) is 0 Å². The summed E-state index contributed by atoms with van der Waals surface area (Å²) < 4.78 is 1.69. The summed E-state index contributed by atoms with van der Waals surface area (Å²) in [5.41, 5.74) is 0.862. The highest BCUT2D eigenvalue weighted by atomic mass is 16.1. The Bertz CT molecular complexity index is 373. The molecule has 1 unspecified atom stereocenters. The molecule has 0 fully saturated rings. The van der Waals surface area contributed by atoms with Crippen LogP contribution in [0.25, 0.3) is 0 Å². The minimum absolute atomic E-state index is 0.159. The van der Waals surface area contributed by atoms with Crippen LogP contribution in [0.15, 0.2) is 17.2 Å². The zero-order chi connectivity index (χ0) is 12.0. The summed E-state index contributed by atoms with van der Waals surface area (Å²) in [6.07, 6.45) is 4.61. The number of aromatic nitrogens is 2. The Morgan fingerprint density at radius 2 is 2.31 bits per heavy atom. The Morgan fingerprint density at radius 3 is 3.00 bits per heavy atom. The van der Waals surface area contributed by atoms with E-state index in [1.807, 2.05) is 13.1 Å². The number of rotatable bonds is 6. The van der Waals surface area contributed by atoms with Crippen LogP contribution in [0.4, 0.5) is 0 Å². The van der Waals surface area contributed by atoms with Crippen molar-refractivity contribution in [2.75, 3.05) is 13.1 Å². The van der Waals surface area contributed by atoms with Gasteiger partial charge in [0.15, 0.2) is 0 Å². The van der Waals surface area contributed by atoms with Crippen LogP contribution < -0.4 is 11.0 Å². The van der Waals surface area contributed by atoms with Crippen LogP contribution in [0.2, 0.25) is 0 Å². The molecule has 0 amide bonds. The quantitative estimate of drug-likeness (QED) is 0.737. The molecular weight excluding hydrogens is 202 g/mol. The number of hydrogen-bond acceptors (Lipinski definition) is 3. The van der Waals surface area contributed by atoms with Crippen LogP contribution in [0.5, 0.6) is 0 Å². The minimum atomic E-state index is -0.159. The first kappa shape index (κ1) is 12.9. The van der Waals surface area contributed by atoms with Gasteiger partial charge in [0.05, 0.1) is 0 Å². The fourth-order valence-corrected chi connectivity index (χ4v) is 1.62. The predicted molar refractivity (Wildman–Crippen MR) is 65.6 cm³/mol. The van der Waals surface area contributed by atoms with Crippen molar-refractivity contribution in [3.8, 4) is 0 Å². The largest absolute Gasteiger partial charge is 0.347 e. The first-order chi connectivity index (χ1) is 7.63. The summed E-state index contributed by atoms with van der Waals surface area (Å²) in [6.45, 7) is 8.93. The molecule has 16 heavy (non-hydrogen) atoms. The molecule has 90 valence electrons. The average molecular weight is 223 g/mol. The van der Waals surface area contributed by atoms with E-state index in [1.165, 1.54) is 0 Å². The summed E-state index contributed by atoms with van der Waals surface area (Å²) in [5, 5.41) is 3.35. The summed E-state index contributed by atoms with van der Waals surface area (Å²) in [7, 11) is 0. The van der Waals surface area contributed by atoms with Crippen molar-refractivity contribution in [2.24, 2.45) is 5.92 Å². The van der Waals surface area contributed by atoms with Gasteiger partial charge in [0.2, 0.25) is 0 Å². The molecule has 0 saturated heterocycles. The van der Waals surface area contributed by atoms with Gasteiger partial charge in [-0.05, 0) is 37.9 Å². The van der Waals surface area contributed by atoms with Crippen molar-refractivity contribution in [3.63, 3.8) is 0 Å². The number of hydrogen-bond donors (Lipinski definition) is 1. The van der Waals surface area contributed by atoms with E-state index < -0.39 is 0 Å². The number of nitrogens with zero attached hydrogens (tertiary/aromatic N) is 2. The second-order valence-corrected chi connectivity index (χ2v) is 4.38. The molecule has 0 aliphatic carbocycles. The Morgan fingerprint density at radius 1 is 1.56 bits per heavy atom.